The van der Waals surface area contributed by atoms with Gasteiger partial charge in [-0.25, -0.2) is 17.1 Å². The Balaban J connectivity index is 1.35. The highest BCUT2D eigenvalue weighted by Gasteiger charge is 2.38. The van der Waals surface area contributed by atoms with Gasteiger partial charge in [0, 0.05) is 49.6 Å². The van der Waals surface area contributed by atoms with Crippen LogP contribution in [-0.4, -0.2) is 59.4 Å². The summed E-state index contributed by atoms with van der Waals surface area (Å²) in [4.78, 5) is 25.4. The Morgan fingerprint density at radius 1 is 1.07 bits per heavy atom. The fourth-order valence-corrected chi connectivity index (χ4v) is 5.84. The summed E-state index contributed by atoms with van der Waals surface area (Å²) >= 11 is 0. The van der Waals surface area contributed by atoms with Gasteiger partial charge in [0.05, 0.1) is 37.7 Å². The van der Waals surface area contributed by atoms with E-state index in [1.165, 1.54) is 23.5 Å². The van der Waals surface area contributed by atoms with Gasteiger partial charge in [-0.2, -0.15) is 5.10 Å². The Morgan fingerprint density at radius 3 is 2.40 bits per heavy atom. The number of nitrogens with one attached hydrogen (secondary N) is 1. The molecule has 3 heterocycles. The van der Waals surface area contributed by atoms with E-state index in [1.54, 1.807) is 40.7 Å². The maximum absolute atomic E-state index is 14.9. The molecule has 0 atom stereocenters. The lowest BCUT2D eigenvalue weighted by Crippen LogP contribution is -2.48. The largest absolute Gasteiger partial charge is 0.494 e. The zero-order chi connectivity index (χ0) is 30.0. The van der Waals surface area contributed by atoms with Gasteiger partial charge in [0.1, 0.15) is 0 Å². The number of sulfonamides is 1. The summed E-state index contributed by atoms with van der Waals surface area (Å²) in [6, 6.07) is 16.0. The fourth-order valence-electron chi connectivity index (χ4n) is 4.94. The summed E-state index contributed by atoms with van der Waals surface area (Å²) in [6.45, 7) is 2.98. The predicted octanol–water partition coefficient (Wildman–Crippen LogP) is 2.89. The van der Waals surface area contributed by atoms with Crippen molar-refractivity contribution in [3.05, 3.63) is 117 Å². The number of pyridine rings is 1. The number of carbonyl (C=O) groups is 1. The molecule has 0 bridgehead atoms. The van der Waals surface area contributed by atoms with Crippen LogP contribution >= 0.6 is 0 Å². The van der Waals surface area contributed by atoms with Gasteiger partial charge in [0.25, 0.3) is 11.5 Å². The molecule has 10 nitrogen and oxygen atoms in total. The van der Waals surface area contributed by atoms with Gasteiger partial charge in [-0.15, -0.1) is 0 Å². The number of aromatic nitrogens is 3. The molecule has 12 heteroatoms. The highest BCUT2D eigenvalue weighted by Crippen LogP contribution is 2.31. The fraction of sp³-hybridized carbons (Fsp3) is 0.300. The van der Waals surface area contributed by atoms with Crippen molar-refractivity contribution in [3.8, 4) is 5.75 Å². The molecule has 42 heavy (non-hydrogen) atoms. The van der Waals surface area contributed by atoms with E-state index >= 15 is 0 Å². The summed E-state index contributed by atoms with van der Waals surface area (Å²) in [5, 5.41) is 7.48. The molecule has 1 N–H and O–H groups in total. The molecule has 2 aromatic carbocycles. The summed E-state index contributed by atoms with van der Waals surface area (Å²) in [7, 11) is -1.97. The first-order chi connectivity index (χ1) is 20.0. The molecule has 0 saturated carbocycles. The third-order valence-electron chi connectivity index (χ3n) is 7.45. The number of amides is 1. The van der Waals surface area contributed by atoms with Crippen LogP contribution in [0.15, 0.2) is 71.8 Å². The van der Waals surface area contributed by atoms with Crippen molar-refractivity contribution in [2.75, 3.05) is 26.5 Å². The number of methoxy groups -OCH3 is 1. The summed E-state index contributed by atoms with van der Waals surface area (Å²) in [5.74, 6) is -1.12. The Morgan fingerprint density at radius 2 is 1.76 bits per heavy atom. The molecule has 1 fully saturated rings. The topological polar surface area (TPSA) is 116 Å². The molecule has 0 spiro atoms. The van der Waals surface area contributed by atoms with Crippen molar-refractivity contribution in [3.63, 3.8) is 0 Å². The summed E-state index contributed by atoms with van der Waals surface area (Å²) in [5.41, 5.74) is 3.62. The Labute approximate surface area is 243 Å². The molecule has 5 rings (SSSR count). The van der Waals surface area contributed by atoms with Crippen molar-refractivity contribution in [2.45, 2.75) is 32.5 Å². The molecular weight excluding hydrogens is 561 g/mol. The molecule has 1 aliphatic rings. The molecule has 2 aromatic heterocycles. The first-order valence-electron chi connectivity index (χ1n) is 13.4. The second-order valence-electron chi connectivity index (χ2n) is 10.4. The van der Waals surface area contributed by atoms with Crippen LogP contribution in [0.4, 0.5) is 4.39 Å². The van der Waals surface area contributed by atoms with Gasteiger partial charge >= 0.3 is 0 Å². The van der Waals surface area contributed by atoms with Gasteiger partial charge < -0.3 is 14.6 Å². The predicted molar refractivity (Wildman–Crippen MR) is 156 cm³/mol. The van der Waals surface area contributed by atoms with Crippen LogP contribution in [0.25, 0.3) is 0 Å². The lowest BCUT2D eigenvalue weighted by molar-refractivity contribution is 0.0947. The molecule has 220 valence electrons. The van der Waals surface area contributed by atoms with Gasteiger partial charge in [0.2, 0.25) is 10.0 Å². The van der Waals surface area contributed by atoms with E-state index in [1.807, 2.05) is 30.3 Å². The van der Waals surface area contributed by atoms with Crippen molar-refractivity contribution in [2.24, 2.45) is 0 Å². The smallest absolute Gasteiger partial charge is 0.255 e. The number of rotatable bonds is 10. The van der Waals surface area contributed by atoms with Gasteiger partial charge in [-0.3, -0.25) is 14.3 Å². The monoisotopic (exact) mass is 593 g/mol. The minimum absolute atomic E-state index is 0.0512. The highest BCUT2D eigenvalue weighted by molar-refractivity contribution is 7.88. The van der Waals surface area contributed by atoms with Crippen molar-refractivity contribution >= 4 is 15.9 Å². The quantitative estimate of drug-likeness (QED) is 0.303. The van der Waals surface area contributed by atoms with E-state index < -0.39 is 21.7 Å². The maximum atomic E-state index is 14.9. The Hall–Kier alpha value is -4.29. The lowest BCUT2D eigenvalue weighted by atomic mass is 9.96. The minimum atomic E-state index is -3.35. The molecule has 1 saturated heterocycles. The number of carbonyl (C=O) groups excluding carboxylic acids is 1. The molecule has 0 aliphatic carbocycles. The van der Waals surface area contributed by atoms with Crippen LogP contribution in [0.3, 0.4) is 0 Å². The third kappa shape index (κ3) is 6.29. The molecular formula is C30H32FN5O5S. The number of benzene rings is 2. The van der Waals surface area contributed by atoms with Crippen molar-refractivity contribution < 1.29 is 22.3 Å². The third-order valence-corrected chi connectivity index (χ3v) is 8.68. The first-order valence-corrected chi connectivity index (χ1v) is 15.2. The number of halogens is 1. The van der Waals surface area contributed by atoms with Crippen molar-refractivity contribution in [1.29, 1.82) is 0 Å². The Kier molecular flexibility index (Phi) is 8.28. The van der Waals surface area contributed by atoms with E-state index in [0.29, 0.717) is 35.5 Å². The molecule has 1 amide bonds. The second kappa shape index (κ2) is 11.9. The van der Waals surface area contributed by atoms with Gasteiger partial charge in [-0.05, 0) is 35.7 Å². The summed E-state index contributed by atoms with van der Waals surface area (Å²) in [6.07, 6.45) is 4.53. The van der Waals surface area contributed by atoms with E-state index in [4.69, 9.17) is 4.74 Å². The van der Waals surface area contributed by atoms with Crippen LogP contribution in [0.1, 0.15) is 44.2 Å². The normalized spacial score (nSPS) is 14.0. The number of hydrogen-bond acceptors (Lipinski definition) is 6. The van der Waals surface area contributed by atoms with Crippen LogP contribution < -0.4 is 15.6 Å². The van der Waals surface area contributed by atoms with Gasteiger partial charge in [-0.1, -0.05) is 36.4 Å². The highest BCUT2D eigenvalue weighted by atomic mass is 32.2. The van der Waals surface area contributed by atoms with E-state index in [2.05, 4.69) is 10.4 Å². The molecule has 0 unspecified atom stereocenters. The van der Waals surface area contributed by atoms with Crippen molar-refractivity contribution in [1.82, 2.24) is 24.0 Å². The zero-order valence-electron chi connectivity index (χ0n) is 23.6. The zero-order valence-corrected chi connectivity index (χ0v) is 24.4. The average molecular weight is 594 g/mol. The standard InChI is InChI=1S/C30H32FN5O5S/c1-20-7-12-26(41-2)28(31)24(20)14-32-30(38)25-19-35(33-29(25)23-17-36(18-23)42(3,39)40)16-22-10-8-21(9-11-22)15-34-13-5-4-6-27(34)37/h4-13,19,23H,14-18H2,1-3H3,(H,32,38). The maximum Gasteiger partial charge on any atom is 0.255 e. The molecule has 4 aromatic rings. The SMILES string of the molecule is COc1ccc(C)c(CNC(=O)c2cn(Cc3ccc(Cn4ccccc4=O)cc3)nc2C2CN(S(C)(=O)=O)C2)c1F. The number of aryl methyl sites for hydroxylation is 1. The molecule has 0 radical (unpaired) electrons. The number of hydrogen-bond donors (Lipinski definition) is 1. The van der Waals surface area contributed by atoms with E-state index in [-0.39, 0.29) is 36.9 Å². The lowest BCUT2D eigenvalue weighted by Gasteiger charge is -2.36. The minimum Gasteiger partial charge on any atom is -0.494 e. The second-order valence-corrected chi connectivity index (χ2v) is 12.4. The summed E-state index contributed by atoms with van der Waals surface area (Å²) < 4.78 is 48.4. The number of ether oxygens (including phenoxy) is 1. The molecule has 1 aliphatic heterocycles. The van der Waals surface area contributed by atoms with Crippen LogP contribution in [0, 0.1) is 12.7 Å². The first kappa shape index (κ1) is 29.2. The Bertz CT molecular complexity index is 1780. The van der Waals surface area contributed by atoms with E-state index in [9.17, 15) is 22.4 Å². The average Bonchev–Trinajstić information content (AvgIpc) is 3.32. The van der Waals surface area contributed by atoms with Crippen LogP contribution in [0.5, 0.6) is 5.75 Å². The number of nitrogens with zero attached hydrogens (tertiary/aromatic N) is 4. The van der Waals surface area contributed by atoms with E-state index in [0.717, 1.165) is 17.4 Å². The van der Waals surface area contributed by atoms with Gasteiger partial charge in [0.15, 0.2) is 11.6 Å². The van der Waals surface area contributed by atoms with Crippen LogP contribution in [-0.2, 0) is 29.7 Å². The van der Waals surface area contributed by atoms with Crippen LogP contribution in [0.2, 0.25) is 0 Å².